The number of nitrogens with one attached hydrogen (secondary N) is 1. The van der Waals surface area contributed by atoms with Gasteiger partial charge in [-0.25, -0.2) is 0 Å². The van der Waals surface area contributed by atoms with Crippen LogP contribution in [0.2, 0.25) is 0 Å². The molecule has 2 fully saturated rings. The Labute approximate surface area is 124 Å². The largest absolute Gasteiger partial charge is 0.343 e. The molecular weight excluding hydrogens is 248 g/mol. The molecule has 2 unspecified atom stereocenters. The van der Waals surface area contributed by atoms with Crippen molar-refractivity contribution >= 4 is 5.91 Å². The molecule has 2 aliphatic heterocycles. The molecular formula is C17H32N2O. The highest BCUT2D eigenvalue weighted by Crippen LogP contribution is 2.27. The molecule has 2 atom stereocenters. The van der Waals surface area contributed by atoms with E-state index in [-0.39, 0.29) is 0 Å². The summed E-state index contributed by atoms with van der Waals surface area (Å²) in [7, 11) is 0. The number of hydrogen-bond acceptors (Lipinski definition) is 2. The van der Waals surface area contributed by atoms with Crippen molar-refractivity contribution in [1.29, 1.82) is 0 Å². The molecule has 3 heteroatoms. The fourth-order valence-corrected chi connectivity index (χ4v) is 3.75. The summed E-state index contributed by atoms with van der Waals surface area (Å²) in [6.07, 6.45) is 5.70. The zero-order chi connectivity index (χ0) is 14.5. The Morgan fingerprint density at radius 3 is 2.40 bits per heavy atom. The highest BCUT2D eigenvalue weighted by Gasteiger charge is 2.27. The molecule has 0 spiro atoms. The van der Waals surface area contributed by atoms with Crippen LogP contribution in [0.5, 0.6) is 0 Å². The van der Waals surface area contributed by atoms with Crippen LogP contribution < -0.4 is 5.32 Å². The summed E-state index contributed by atoms with van der Waals surface area (Å²) in [5.74, 6) is 3.20. The maximum absolute atomic E-state index is 12.4. The first-order valence-corrected chi connectivity index (χ1v) is 8.56. The minimum atomic E-state index is 0.394. The van der Waals surface area contributed by atoms with E-state index in [4.69, 9.17) is 0 Å². The van der Waals surface area contributed by atoms with Crippen LogP contribution in [-0.4, -0.2) is 37.0 Å². The molecule has 0 aromatic rings. The Morgan fingerprint density at radius 1 is 1.15 bits per heavy atom. The summed E-state index contributed by atoms with van der Waals surface area (Å²) in [5, 5.41) is 3.46. The second-order valence-electron chi connectivity index (χ2n) is 7.25. The number of nitrogens with zero attached hydrogens (tertiary/aromatic N) is 1. The monoisotopic (exact) mass is 280 g/mol. The van der Waals surface area contributed by atoms with E-state index in [1.165, 1.54) is 25.7 Å². The van der Waals surface area contributed by atoms with Gasteiger partial charge in [-0.15, -0.1) is 0 Å². The molecule has 2 aliphatic rings. The molecule has 0 aliphatic carbocycles. The average molecular weight is 280 g/mol. The van der Waals surface area contributed by atoms with Gasteiger partial charge in [0.2, 0.25) is 5.91 Å². The van der Waals surface area contributed by atoms with Crippen LogP contribution in [0.3, 0.4) is 0 Å². The van der Waals surface area contributed by atoms with Crippen LogP contribution in [0.1, 0.15) is 52.9 Å². The van der Waals surface area contributed by atoms with E-state index in [2.05, 4.69) is 31.0 Å². The van der Waals surface area contributed by atoms with Crippen molar-refractivity contribution in [1.82, 2.24) is 10.2 Å². The first kappa shape index (κ1) is 15.8. The first-order chi connectivity index (χ1) is 9.58. The van der Waals surface area contributed by atoms with E-state index in [9.17, 15) is 4.79 Å². The summed E-state index contributed by atoms with van der Waals surface area (Å²) in [5.41, 5.74) is 0. The molecule has 0 aromatic carbocycles. The summed E-state index contributed by atoms with van der Waals surface area (Å²) < 4.78 is 0. The number of piperidine rings is 2. The Hall–Kier alpha value is -0.570. The van der Waals surface area contributed by atoms with Crippen molar-refractivity contribution in [2.24, 2.45) is 23.7 Å². The number of hydrogen-bond donors (Lipinski definition) is 1. The standard InChI is InChI=1S/C17H32N2O/c1-13(2)15-6-9-19(10-7-15)17(20)11-14(3)16-5-4-8-18-12-16/h13-16,18H,4-12H2,1-3H3. The topological polar surface area (TPSA) is 32.3 Å². The summed E-state index contributed by atoms with van der Waals surface area (Å²) in [6.45, 7) is 11.1. The van der Waals surface area contributed by atoms with Crippen LogP contribution in [-0.2, 0) is 4.79 Å². The lowest BCUT2D eigenvalue weighted by Gasteiger charge is -2.35. The highest BCUT2D eigenvalue weighted by atomic mass is 16.2. The number of likely N-dealkylation sites (tertiary alicyclic amines) is 1. The molecule has 0 bridgehead atoms. The van der Waals surface area contributed by atoms with Gasteiger partial charge in [0.15, 0.2) is 0 Å². The van der Waals surface area contributed by atoms with Crippen molar-refractivity contribution in [2.45, 2.75) is 52.9 Å². The zero-order valence-corrected chi connectivity index (χ0v) is 13.5. The van der Waals surface area contributed by atoms with E-state index in [1.807, 2.05) is 0 Å². The maximum atomic E-state index is 12.4. The Bertz CT molecular complexity index is 302. The molecule has 2 rings (SSSR count). The van der Waals surface area contributed by atoms with Gasteiger partial charge in [-0.05, 0) is 62.4 Å². The van der Waals surface area contributed by atoms with Gasteiger partial charge in [-0.3, -0.25) is 4.79 Å². The van der Waals surface area contributed by atoms with Gasteiger partial charge in [0.05, 0.1) is 0 Å². The lowest BCUT2D eigenvalue weighted by atomic mass is 9.84. The highest BCUT2D eigenvalue weighted by molar-refractivity contribution is 5.76. The van der Waals surface area contributed by atoms with Crippen LogP contribution in [0.4, 0.5) is 0 Å². The van der Waals surface area contributed by atoms with Gasteiger partial charge in [-0.1, -0.05) is 20.8 Å². The Kier molecular flexibility index (Phi) is 5.88. The van der Waals surface area contributed by atoms with Crippen molar-refractivity contribution in [3.8, 4) is 0 Å². The third-order valence-corrected chi connectivity index (χ3v) is 5.47. The molecule has 0 saturated carbocycles. The molecule has 0 radical (unpaired) electrons. The van der Waals surface area contributed by atoms with E-state index in [0.29, 0.717) is 17.7 Å². The SMILES string of the molecule is CC(C)C1CCN(C(=O)CC(C)C2CCCNC2)CC1. The first-order valence-electron chi connectivity index (χ1n) is 8.56. The van der Waals surface area contributed by atoms with Crippen molar-refractivity contribution < 1.29 is 4.79 Å². The molecule has 2 heterocycles. The van der Waals surface area contributed by atoms with Crippen LogP contribution in [0.25, 0.3) is 0 Å². The third kappa shape index (κ3) is 4.21. The molecule has 1 amide bonds. The van der Waals surface area contributed by atoms with Gasteiger partial charge in [0.25, 0.3) is 0 Å². The maximum Gasteiger partial charge on any atom is 0.222 e. The minimum Gasteiger partial charge on any atom is -0.343 e. The van der Waals surface area contributed by atoms with Gasteiger partial charge in [0.1, 0.15) is 0 Å². The van der Waals surface area contributed by atoms with Crippen LogP contribution in [0.15, 0.2) is 0 Å². The molecule has 0 aromatic heterocycles. The number of rotatable bonds is 4. The smallest absolute Gasteiger partial charge is 0.222 e. The lowest BCUT2D eigenvalue weighted by Crippen LogP contribution is -2.41. The molecule has 2 saturated heterocycles. The summed E-state index contributed by atoms with van der Waals surface area (Å²) in [6, 6.07) is 0. The predicted molar refractivity (Wildman–Crippen MR) is 83.5 cm³/mol. The lowest BCUT2D eigenvalue weighted by molar-refractivity contribution is -0.134. The zero-order valence-electron chi connectivity index (χ0n) is 13.5. The van der Waals surface area contributed by atoms with Gasteiger partial charge in [0, 0.05) is 19.5 Å². The minimum absolute atomic E-state index is 0.394. The normalized spacial score (nSPS) is 26.8. The Balaban J connectivity index is 1.74. The molecule has 3 nitrogen and oxygen atoms in total. The molecule has 1 N–H and O–H groups in total. The van der Waals surface area contributed by atoms with E-state index in [1.54, 1.807) is 0 Å². The van der Waals surface area contributed by atoms with Crippen molar-refractivity contribution in [3.05, 3.63) is 0 Å². The van der Waals surface area contributed by atoms with E-state index >= 15 is 0 Å². The van der Waals surface area contributed by atoms with E-state index in [0.717, 1.165) is 44.4 Å². The number of carbonyl (C=O) groups excluding carboxylic acids is 1. The fourth-order valence-electron chi connectivity index (χ4n) is 3.75. The van der Waals surface area contributed by atoms with Gasteiger partial charge < -0.3 is 10.2 Å². The number of amides is 1. The van der Waals surface area contributed by atoms with Crippen LogP contribution in [0, 0.1) is 23.7 Å². The van der Waals surface area contributed by atoms with Crippen LogP contribution >= 0.6 is 0 Å². The predicted octanol–water partition coefficient (Wildman–Crippen LogP) is 2.91. The average Bonchev–Trinajstić information content (AvgIpc) is 2.48. The number of carbonyl (C=O) groups is 1. The Morgan fingerprint density at radius 2 is 1.85 bits per heavy atom. The fraction of sp³-hybridized carbons (Fsp3) is 0.941. The van der Waals surface area contributed by atoms with Crippen molar-refractivity contribution in [3.63, 3.8) is 0 Å². The van der Waals surface area contributed by atoms with Crippen molar-refractivity contribution in [2.75, 3.05) is 26.2 Å². The second kappa shape index (κ2) is 7.44. The molecule has 116 valence electrons. The summed E-state index contributed by atoms with van der Waals surface area (Å²) in [4.78, 5) is 14.5. The molecule has 20 heavy (non-hydrogen) atoms. The van der Waals surface area contributed by atoms with Gasteiger partial charge >= 0.3 is 0 Å². The van der Waals surface area contributed by atoms with Gasteiger partial charge in [-0.2, -0.15) is 0 Å². The quantitative estimate of drug-likeness (QED) is 0.859. The third-order valence-electron chi connectivity index (χ3n) is 5.47. The second-order valence-corrected chi connectivity index (χ2v) is 7.25. The van der Waals surface area contributed by atoms with E-state index < -0.39 is 0 Å². The summed E-state index contributed by atoms with van der Waals surface area (Å²) >= 11 is 0.